The molecule has 0 heterocycles. The minimum Gasteiger partial charge on any atom is -0.507 e. The Morgan fingerprint density at radius 1 is 1.21 bits per heavy atom. The molecule has 3 aromatic rings. The number of amides is 1. The first kappa shape index (κ1) is 25.8. The lowest BCUT2D eigenvalue weighted by Crippen LogP contribution is -2.39. The Labute approximate surface area is 210 Å². The van der Waals surface area contributed by atoms with Crippen molar-refractivity contribution in [3.63, 3.8) is 0 Å². The molecule has 0 spiro atoms. The normalized spacial score (nSPS) is 11.8. The molecule has 0 aliphatic heterocycles. The predicted molar refractivity (Wildman–Crippen MR) is 132 cm³/mol. The van der Waals surface area contributed by atoms with Gasteiger partial charge in [-0.15, -0.1) is 0 Å². The minimum atomic E-state index is -4.19. The van der Waals surface area contributed by atoms with Crippen molar-refractivity contribution < 1.29 is 22.7 Å². The van der Waals surface area contributed by atoms with E-state index in [0.717, 1.165) is 15.9 Å². The highest BCUT2D eigenvalue weighted by atomic mass is 79.9. The third kappa shape index (κ3) is 6.41. The largest absolute Gasteiger partial charge is 0.507 e. The maximum absolute atomic E-state index is 14.4. The van der Waals surface area contributed by atoms with Gasteiger partial charge in [0, 0.05) is 27.2 Å². The Morgan fingerprint density at radius 2 is 1.91 bits per heavy atom. The molecule has 7 nitrogen and oxygen atoms in total. The van der Waals surface area contributed by atoms with Gasteiger partial charge in [0.15, 0.2) is 0 Å². The number of sulfonamides is 1. The first-order valence-electron chi connectivity index (χ1n) is 9.88. The van der Waals surface area contributed by atoms with Crippen molar-refractivity contribution in [3.8, 4) is 5.75 Å². The first-order chi connectivity index (χ1) is 16.1. The molecule has 1 amide bonds. The van der Waals surface area contributed by atoms with E-state index in [1.54, 1.807) is 24.3 Å². The van der Waals surface area contributed by atoms with E-state index in [-0.39, 0.29) is 21.2 Å². The molecule has 0 bridgehead atoms. The maximum Gasteiger partial charge on any atom is 0.255 e. The number of rotatable bonds is 8. The van der Waals surface area contributed by atoms with Crippen LogP contribution in [0.2, 0.25) is 5.02 Å². The van der Waals surface area contributed by atoms with Crippen LogP contribution in [-0.2, 0) is 21.4 Å². The van der Waals surface area contributed by atoms with Crippen LogP contribution < -0.4 is 5.43 Å². The van der Waals surface area contributed by atoms with Crippen LogP contribution in [0.15, 0.2) is 75.1 Å². The van der Waals surface area contributed by atoms with Gasteiger partial charge in [0.05, 0.1) is 17.7 Å². The number of aryl methyl sites for hydroxylation is 1. The number of halogens is 3. The van der Waals surface area contributed by atoms with E-state index in [9.17, 15) is 22.7 Å². The standard InChI is InChI=1S/C23H20BrClFN3O4S/c1-15-5-8-18(9-6-15)34(32,33)29(13-19-20(25)3-2-4-21(19)26)14-23(31)28-27-12-16-11-17(24)7-10-22(16)30/h2-12,30H,13-14H2,1H3,(H,28,31)/b27-12-. The van der Waals surface area contributed by atoms with Crippen molar-refractivity contribution in [2.75, 3.05) is 6.54 Å². The fourth-order valence-corrected chi connectivity index (χ4v) is 4.91. The topological polar surface area (TPSA) is 99.1 Å². The van der Waals surface area contributed by atoms with E-state index in [4.69, 9.17) is 11.6 Å². The molecule has 0 fully saturated rings. The molecule has 3 rings (SSSR count). The van der Waals surface area contributed by atoms with E-state index >= 15 is 0 Å². The highest BCUT2D eigenvalue weighted by Gasteiger charge is 2.28. The summed E-state index contributed by atoms with van der Waals surface area (Å²) in [6.07, 6.45) is 1.21. The quantitative estimate of drug-likeness (QED) is 0.307. The zero-order valence-electron chi connectivity index (χ0n) is 17.9. The molecule has 0 unspecified atom stereocenters. The average Bonchev–Trinajstić information content (AvgIpc) is 2.78. The molecule has 178 valence electrons. The molecule has 0 saturated carbocycles. The summed E-state index contributed by atoms with van der Waals surface area (Å²) in [5.41, 5.74) is 3.35. The lowest BCUT2D eigenvalue weighted by atomic mass is 10.2. The van der Waals surface area contributed by atoms with Gasteiger partial charge >= 0.3 is 0 Å². The third-order valence-electron chi connectivity index (χ3n) is 4.76. The zero-order valence-corrected chi connectivity index (χ0v) is 21.0. The number of aromatic hydroxyl groups is 1. The fraction of sp³-hybridized carbons (Fsp3) is 0.130. The molecule has 0 aliphatic carbocycles. The second-order valence-corrected chi connectivity index (χ2v) is 10.5. The third-order valence-corrected chi connectivity index (χ3v) is 7.41. The van der Waals surface area contributed by atoms with Crippen LogP contribution in [0.5, 0.6) is 5.75 Å². The molecule has 0 atom stereocenters. The Balaban J connectivity index is 1.86. The summed E-state index contributed by atoms with van der Waals surface area (Å²) in [4.78, 5) is 12.5. The predicted octanol–water partition coefficient (Wildman–Crippen LogP) is 4.60. The van der Waals surface area contributed by atoms with Crippen molar-refractivity contribution in [3.05, 3.63) is 92.7 Å². The number of phenolic OH excluding ortho intramolecular Hbond substituents is 1. The summed E-state index contributed by atoms with van der Waals surface area (Å²) in [5, 5.41) is 13.7. The van der Waals surface area contributed by atoms with Crippen molar-refractivity contribution in [1.29, 1.82) is 0 Å². The van der Waals surface area contributed by atoms with Crippen LogP contribution in [0.3, 0.4) is 0 Å². The van der Waals surface area contributed by atoms with Crippen LogP contribution >= 0.6 is 27.5 Å². The van der Waals surface area contributed by atoms with Gasteiger partial charge in [0.25, 0.3) is 5.91 Å². The highest BCUT2D eigenvalue weighted by molar-refractivity contribution is 9.10. The number of carbonyl (C=O) groups is 1. The second kappa shape index (κ2) is 11.1. The number of nitrogens with one attached hydrogen (secondary N) is 1. The van der Waals surface area contributed by atoms with E-state index in [1.807, 2.05) is 6.92 Å². The van der Waals surface area contributed by atoms with Crippen LogP contribution in [0.1, 0.15) is 16.7 Å². The Kier molecular flexibility index (Phi) is 8.42. The molecule has 3 aromatic carbocycles. The van der Waals surface area contributed by atoms with Gasteiger partial charge in [0.1, 0.15) is 11.6 Å². The summed E-state index contributed by atoms with van der Waals surface area (Å²) in [6.45, 7) is 0.690. The van der Waals surface area contributed by atoms with E-state index in [2.05, 4.69) is 26.5 Å². The van der Waals surface area contributed by atoms with E-state index in [1.165, 1.54) is 36.5 Å². The van der Waals surface area contributed by atoms with Gasteiger partial charge in [-0.25, -0.2) is 18.2 Å². The van der Waals surface area contributed by atoms with Crippen molar-refractivity contribution >= 4 is 49.7 Å². The lowest BCUT2D eigenvalue weighted by molar-refractivity contribution is -0.121. The molecule has 0 saturated heterocycles. The molecule has 2 N–H and O–H groups in total. The molecule has 11 heteroatoms. The second-order valence-electron chi connectivity index (χ2n) is 7.28. The van der Waals surface area contributed by atoms with Crippen LogP contribution in [-0.4, -0.2) is 36.5 Å². The van der Waals surface area contributed by atoms with Crippen molar-refractivity contribution in [2.24, 2.45) is 5.10 Å². The van der Waals surface area contributed by atoms with Gasteiger partial charge in [-0.3, -0.25) is 4.79 Å². The summed E-state index contributed by atoms with van der Waals surface area (Å²) < 4.78 is 42.5. The van der Waals surface area contributed by atoms with Crippen LogP contribution in [0.4, 0.5) is 4.39 Å². The van der Waals surface area contributed by atoms with E-state index < -0.39 is 34.8 Å². The van der Waals surface area contributed by atoms with Gasteiger partial charge < -0.3 is 5.11 Å². The molecule has 0 aliphatic rings. The van der Waals surface area contributed by atoms with E-state index in [0.29, 0.717) is 10.0 Å². The number of phenols is 1. The molecular weight excluding hydrogens is 549 g/mol. The molecular formula is C23H20BrClFN3O4S. The summed E-state index contributed by atoms with van der Waals surface area (Å²) in [5.74, 6) is -1.52. The average molecular weight is 569 g/mol. The first-order valence-corrected chi connectivity index (χ1v) is 12.5. The lowest BCUT2D eigenvalue weighted by Gasteiger charge is -2.22. The fourth-order valence-electron chi connectivity index (χ4n) is 2.94. The number of benzene rings is 3. The Hall–Kier alpha value is -2.79. The van der Waals surface area contributed by atoms with Gasteiger partial charge in [-0.1, -0.05) is 51.3 Å². The van der Waals surface area contributed by atoms with Gasteiger partial charge in [-0.2, -0.15) is 9.41 Å². The number of nitrogens with zero attached hydrogens (tertiary/aromatic N) is 2. The zero-order chi connectivity index (χ0) is 24.9. The summed E-state index contributed by atoms with van der Waals surface area (Å²) in [7, 11) is -4.19. The highest BCUT2D eigenvalue weighted by Crippen LogP contribution is 2.25. The van der Waals surface area contributed by atoms with Gasteiger partial charge in [0.2, 0.25) is 10.0 Å². The number of hydrazone groups is 1. The smallest absolute Gasteiger partial charge is 0.255 e. The Morgan fingerprint density at radius 3 is 2.59 bits per heavy atom. The molecule has 34 heavy (non-hydrogen) atoms. The monoisotopic (exact) mass is 567 g/mol. The van der Waals surface area contributed by atoms with Crippen LogP contribution in [0, 0.1) is 12.7 Å². The summed E-state index contributed by atoms with van der Waals surface area (Å²) in [6, 6.07) is 14.7. The SMILES string of the molecule is Cc1ccc(S(=O)(=O)N(CC(=O)N/N=C\c2cc(Br)ccc2O)Cc2c(F)cccc2Cl)cc1. The van der Waals surface area contributed by atoms with Gasteiger partial charge in [-0.05, 0) is 49.4 Å². The van der Waals surface area contributed by atoms with Crippen LogP contribution in [0.25, 0.3) is 0 Å². The number of hydrogen-bond donors (Lipinski definition) is 2. The minimum absolute atomic E-state index is 0.0349. The summed E-state index contributed by atoms with van der Waals surface area (Å²) >= 11 is 9.36. The van der Waals surface area contributed by atoms with Crippen molar-refractivity contribution in [1.82, 2.24) is 9.73 Å². The molecule has 0 aromatic heterocycles. The molecule has 0 radical (unpaired) electrons. The maximum atomic E-state index is 14.4. The number of carbonyl (C=O) groups excluding carboxylic acids is 1. The number of hydrogen-bond acceptors (Lipinski definition) is 5. The van der Waals surface area contributed by atoms with Crippen molar-refractivity contribution in [2.45, 2.75) is 18.4 Å². The Bertz CT molecular complexity index is 1310.